The molecular weight excluding hydrogens is 368 g/mol. The summed E-state index contributed by atoms with van der Waals surface area (Å²) in [5.74, 6) is -1.46. The van der Waals surface area contributed by atoms with Crippen molar-refractivity contribution in [1.29, 1.82) is 0 Å². The molecule has 7 heteroatoms. The second-order valence-corrected chi connectivity index (χ2v) is 5.80. The van der Waals surface area contributed by atoms with Gasteiger partial charge in [-0.3, -0.25) is 4.79 Å². The fourth-order valence-corrected chi connectivity index (χ4v) is 2.84. The number of halogens is 6. The van der Waals surface area contributed by atoms with Crippen molar-refractivity contribution in [3.63, 3.8) is 0 Å². The standard InChI is InChI=1S/C13H4Cl5FO/c14-5-1-2-9(19)6(3-5)13(20)10-7(15)4-8(16)11(17)12(10)18/h1-4H. The number of ketones is 1. The topological polar surface area (TPSA) is 17.1 Å². The number of rotatable bonds is 2. The highest BCUT2D eigenvalue weighted by Crippen LogP contribution is 2.38. The van der Waals surface area contributed by atoms with Gasteiger partial charge in [-0.05, 0) is 24.3 Å². The second kappa shape index (κ2) is 6.08. The molecule has 0 aliphatic rings. The van der Waals surface area contributed by atoms with Gasteiger partial charge in [-0.25, -0.2) is 4.39 Å². The molecule has 104 valence electrons. The van der Waals surface area contributed by atoms with E-state index in [9.17, 15) is 9.18 Å². The first kappa shape index (κ1) is 15.9. The number of benzene rings is 2. The van der Waals surface area contributed by atoms with Crippen LogP contribution in [0, 0.1) is 5.82 Å². The fourth-order valence-electron chi connectivity index (χ4n) is 1.58. The molecule has 0 saturated carbocycles. The van der Waals surface area contributed by atoms with Gasteiger partial charge in [-0.2, -0.15) is 0 Å². The Morgan fingerprint density at radius 3 is 2.20 bits per heavy atom. The van der Waals surface area contributed by atoms with E-state index >= 15 is 0 Å². The van der Waals surface area contributed by atoms with E-state index in [2.05, 4.69) is 0 Å². The summed E-state index contributed by atoms with van der Waals surface area (Å²) in [7, 11) is 0. The Morgan fingerprint density at radius 2 is 1.55 bits per heavy atom. The van der Waals surface area contributed by atoms with Gasteiger partial charge in [0.25, 0.3) is 0 Å². The molecule has 1 nitrogen and oxygen atoms in total. The van der Waals surface area contributed by atoms with Gasteiger partial charge in [0.05, 0.1) is 31.2 Å². The Labute approximate surface area is 139 Å². The maximum absolute atomic E-state index is 13.7. The Kier molecular flexibility index (Phi) is 4.83. The smallest absolute Gasteiger partial charge is 0.199 e. The van der Waals surface area contributed by atoms with E-state index < -0.39 is 11.6 Å². The third-order valence-corrected chi connectivity index (χ3v) is 4.31. The summed E-state index contributed by atoms with van der Waals surface area (Å²) in [6, 6.07) is 4.86. The monoisotopic (exact) mass is 370 g/mol. The van der Waals surface area contributed by atoms with Crippen molar-refractivity contribution < 1.29 is 9.18 Å². The van der Waals surface area contributed by atoms with Crippen molar-refractivity contribution in [1.82, 2.24) is 0 Å². The van der Waals surface area contributed by atoms with Crippen LogP contribution < -0.4 is 0 Å². The fraction of sp³-hybridized carbons (Fsp3) is 0. The molecule has 0 heterocycles. The predicted molar refractivity (Wildman–Crippen MR) is 81.3 cm³/mol. The highest BCUT2D eigenvalue weighted by Gasteiger charge is 2.23. The maximum Gasteiger partial charge on any atom is 0.199 e. The summed E-state index contributed by atoms with van der Waals surface area (Å²) in [5, 5.41) is 0.137. The lowest BCUT2D eigenvalue weighted by atomic mass is 10.0. The first-order chi connectivity index (χ1) is 9.32. The van der Waals surface area contributed by atoms with Crippen LogP contribution in [0.1, 0.15) is 15.9 Å². The number of hydrogen-bond acceptors (Lipinski definition) is 1. The summed E-state index contributed by atoms with van der Waals surface area (Å²) in [6.45, 7) is 0. The number of carbonyl (C=O) groups excluding carboxylic acids is 1. The van der Waals surface area contributed by atoms with Crippen molar-refractivity contribution >= 4 is 63.8 Å². The molecule has 0 N–H and O–H groups in total. The minimum absolute atomic E-state index is 0.0197. The van der Waals surface area contributed by atoms with Gasteiger partial charge >= 0.3 is 0 Å². The van der Waals surface area contributed by atoms with Gasteiger partial charge in [-0.1, -0.05) is 58.0 Å². The molecule has 20 heavy (non-hydrogen) atoms. The van der Waals surface area contributed by atoms with E-state index in [4.69, 9.17) is 58.0 Å². The van der Waals surface area contributed by atoms with Crippen molar-refractivity contribution in [3.8, 4) is 0 Å². The van der Waals surface area contributed by atoms with Gasteiger partial charge in [0.2, 0.25) is 0 Å². The SMILES string of the molecule is O=C(c1cc(Cl)ccc1F)c1c(Cl)cc(Cl)c(Cl)c1Cl. The number of carbonyl (C=O) groups is 1. The maximum atomic E-state index is 13.7. The largest absolute Gasteiger partial charge is 0.288 e. The Hall–Kier alpha value is -0.510. The van der Waals surface area contributed by atoms with E-state index in [1.54, 1.807) is 0 Å². The van der Waals surface area contributed by atoms with Gasteiger partial charge in [0.15, 0.2) is 5.78 Å². The van der Waals surface area contributed by atoms with Crippen molar-refractivity contribution in [2.24, 2.45) is 0 Å². The van der Waals surface area contributed by atoms with Crippen LogP contribution in [0.5, 0.6) is 0 Å². The summed E-state index contributed by atoms with van der Waals surface area (Å²) in [4.78, 5) is 12.4. The van der Waals surface area contributed by atoms with Crippen molar-refractivity contribution in [3.05, 3.63) is 66.3 Å². The van der Waals surface area contributed by atoms with Crippen LogP contribution in [0.25, 0.3) is 0 Å². The highest BCUT2D eigenvalue weighted by molar-refractivity contribution is 6.51. The summed E-state index contributed by atoms with van der Waals surface area (Å²) in [5.41, 5.74) is -0.372. The third kappa shape index (κ3) is 2.90. The minimum Gasteiger partial charge on any atom is -0.288 e. The lowest BCUT2D eigenvalue weighted by Gasteiger charge is -2.10. The molecule has 2 aromatic carbocycles. The van der Waals surface area contributed by atoms with Gasteiger partial charge in [-0.15, -0.1) is 0 Å². The first-order valence-electron chi connectivity index (χ1n) is 5.15. The molecule has 2 rings (SSSR count). The zero-order valence-electron chi connectivity index (χ0n) is 9.49. The molecule has 0 spiro atoms. The van der Waals surface area contributed by atoms with Crippen LogP contribution >= 0.6 is 58.0 Å². The van der Waals surface area contributed by atoms with Crippen LogP contribution in [0.4, 0.5) is 4.39 Å². The molecule has 0 radical (unpaired) electrons. The Balaban J connectivity index is 2.66. The Bertz CT molecular complexity index is 714. The quantitative estimate of drug-likeness (QED) is 0.342. The second-order valence-electron chi connectivity index (χ2n) is 3.80. The van der Waals surface area contributed by atoms with Gasteiger partial charge in [0, 0.05) is 5.02 Å². The lowest BCUT2D eigenvalue weighted by Crippen LogP contribution is -2.06. The van der Waals surface area contributed by atoms with Gasteiger partial charge in [0.1, 0.15) is 5.82 Å². The van der Waals surface area contributed by atoms with E-state index in [1.165, 1.54) is 18.2 Å². The van der Waals surface area contributed by atoms with Crippen LogP contribution in [-0.4, -0.2) is 5.78 Å². The molecule has 0 aromatic heterocycles. The van der Waals surface area contributed by atoms with E-state index in [0.29, 0.717) is 0 Å². The van der Waals surface area contributed by atoms with Crippen molar-refractivity contribution in [2.75, 3.05) is 0 Å². The van der Waals surface area contributed by atoms with E-state index in [1.807, 2.05) is 0 Å². The predicted octanol–water partition coefficient (Wildman–Crippen LogP) is 6.32. The first-order valence-corrected chi connectivity index (χ1v) is 7.04. The molecule has 0 aliphatic heterocycles. The van der Waals surface area contributed by atoms with Crippen molar-refractivity contribution in [2.45, 2.75) is 0 Å². The molecule has 0 atom stereocenters. The van der Waals surface area contributed by atoms with Crippen LogP contribution in [0.15, 0.2) is 24.3 Å². The zero-order valence-corrected chi connectivity index (χ0v) is 13.3. The average molecular weight is 372 g/mol. The molecule has 0 unspecified atom stereocenters. The molecular formula is C13H4Cl5FO. The summed E-state index contributed by atoms with van der Waals surface area (Å²) >= 11 is 29.3. The zero-order chi connectivity index (χ0) is 15.0. The van der Waals surface area contributed by atoms with Crippen LogP contribution in [0.3, 0.4) is 0 Å². The summed E-state index contributed by atoms with van der Waals surface area (Å²) in [6.07, 6.45) is 0. The molecule has 0 saturated heterocycles. The summed E-state index contributed by atoms with van der Waals surface area (Å²) < 4.78 is 13.7. The normalized spacial score (nSPS) is 10.7. The van der Waals surface area contributed by atoms with Crippen LogP contribution in [0.2, 0.25) is 25.1 Å². The van der Waals surface area contributed by atoms with Gasteiger partial charge < -0.3 is 0 Å². The Morgan fingerprint density at radius 1 is 0.900 bits per heavy atom. The molecule has 2 aromatic rings. The van der Waals surface area contributed by atoms with E-state index in [0.717, 1.165) is 6.07 Å². The average Bonchev–Trinajstić information content (AvgIpc) is 2.39. The molecule has 0 aliphatic carbocycles. The third-order valence-electron chi connectivity index (χ3n) is 2.51. The van der Waals surface area contributed by atoms with E-state index in [-0.39, 0.29) is 36.2 Å². The highest BCUT2D eigenvalue weighted by atomic mass is 35.5. The minimum atomic E-state index is -0.738. The van der Waals surface area contributed by atoms with Crippen LogP contribution in [-0.2, 0) is 0 Å². The lowest BCUT2D eigenvalue weighted by molar-refractivity contribution is 0.103. The molecule has 0 fully saturated rings. The molecule has 0 bridgehead atoms. The number of hydrogen-bond donors (Lipinski definition) is 0. The molecule has 0 amide bonds.